The minimum absolute atomic E-state index is 0.197. The molecule has 0 bridgehead atoms. The number of carbonyl (C=O) groups excluding carboxylic acids is 1. The number of nitrogens with zero attached hydrogens (tertiary/aromatic N) is 1. The number of carbonyl (C=O) groups is 1. The van der Waals surface area contributed by atoms with E-state index in [9.17, 15) is 4.79 Å². The van der Waals surface area contributed by atoms with Crippen LogP contribution in [0.25, 0.3) is 0 Å². The van der Waals surface area contributed by atoms with Crippen LogP contribution in [-0.2, 0) is 6.54 Å². The van der Waals surface area contributed by atoms with Crippen LogP contribution in [-0.4, -0.2) is 17.7 Å². The molecule has 0 saturated heterocycles. The molecule has 0 atom stereocenters. The molecule has 2 heterocycles. The molecule has 0 spiro atoms. The normalized spacial score (nSPS) is 11.9. The topological polar surface area (TPSA) is 72.5 Å². The number of aromatic nitrogens is 1. The maximum atomic E-state index is 12.5. The molecule has 6 nitrogen and oxygen atoms in total. The monoisotopic (exact) mass is 381 g/mol. The molecule has 0 radical (unpaired) electrons. The van der Waals surface area contributed by atoms with Crippen molar-refractivity contribution >= 4 is 29.0 Å². The Morgan fingerprint density at radius 1 is 1.07 bits per heavy atom. The van der Waals surface area contributed by atoms with E-state index in [4.69, 9.17) is 21.1 Å². The van der Waals surface area contributed by atoms with Gasteiger partial charge in [-0.15, -0.1) is 0 Å². The Morgan fingerprint density at radius 3 is 2.81 bits per heavy atom. The van der Waals surface area contributed by atoms with Crippen LogP contribution >= 0.6 is 11.6 Å². The van der Waals surface area contributed by atoms with Crippen LogP contribution in [0.3, 0.4) is 0 Å². The highest BCUT2D eigenvalue weighted by molar-refractivity contribution is 6.33. The average Bonchev–Trinajstić information content (AvgIpc) is 3.16. The highest BCUT2D eigenvalue weighted by Gasteiger charge is 2.14. The smallest absolute Gasteiger partial charge is 0.251 e. The number of nitrogens with one attached hydrogen (secondary N) is 2. The van der Waals surface area contributed by atoms with Gasteiger partial charge in [0.2, 0.25) is 6.79 Å². The number of benzene rings is 2. The van der Waals surface area contributed by atoms with Crippen molar-refractivity contribution in [2.24, 2.45) is 0 Å². The van der Waals surface area contributed by atoms with E-state index in [0.29, 0.717) is 28.7 Å². The molecule has 4 rings (SSSR count). The molecule has 7 heteroatoms. The summed E-state index contributed by atoms with van der Waals surface area (Å²) in [5.41, 5.74) is 2.15. The Bertz CT molecular complexity index is 994. The van der Waals surface area contributed by atoms with Gasteiger partial charge >= 0.3 is 0 Å². The maximum Gasteiger partial charge on any atom is 0.251 e. The van der Waals surface area contributed by atoms with E-state index in [2.05, 4.69) is 15.6 Å². The summed E-state index contributed by atoms with van der Waals surface area (Å²) in [6.07, 6.45) is 1.58. The minimum Gasteiger partial charge on any atom is -0.454 e. The maximum absolute atomic E-state index is 12.5. The zero-order valence-corrected chi connectivity index (χ0v) is 15.0. The number of hydrogen-bond donors (Lipinski definition) is 2. The Kier molecular flexibility index (Phi) is 4.80. The van der Waals surface area contributed by atoms with E-state index < -0.39 is 0 Å². The fraction of sp³-hybridized carbons (Fsp3) is 0.100. The van der Waals surface area contributed by atoms with Gasteiger partial charge in [-0.2, -0.15) is 0 Å². The summed E-state index contributed by atoms with van der Waals surface area (Å²) >= 11 is 6.15. The van der Waals surface area contributed by atoms with Crippen molar-refractivity contribution < 1.29 is 14.3 Å². The first-order chi connectivity index (χ1) is 13.2. The molecule has 1 aromatic heterocycles. The van der Waals surface area contributed by atoms with E-state index >= 15 is 0 Å². The van der Waals surface area contributed by atoms with Crippen LogP contribution in [0.2, 0.25) is 5.02 Å². The van der Waals surface area contributed by atoms with Gasteiger partial charge < -0.3 is 20.1 Å². The quantitative estimate of drug-likeness (QED) is 0.695. The number of fused-ring (bicyclic) bond motifs is 1. The number of halogens is 1. The van der Waals surface area contributed by atoms with Crippen molar-refractivity contribution in [1.29, 1.82) is 0 Å². The van der Waals surface area contributed by atoms with E-state index in [-0.39, 0.29) is 12.7 Å². The largest absolute Gasteiger partial charge is 0.454 e. The van der Waals surface area contributed by atoms with Crippen LogP contribution in [0.1, 0.15) is 15.9 Å². The number of pyridine rings is 1. The number of anilines is 2. The lowest BCUT2D eigenvalue weighted by Crippen LogP contribution is -2.22. The fourth-order valence-corrected chi connectivity index (χ4v) is 2.86. The second kappa shape index (κ2) is 7.55. The number of para-hydroxylation sites is 1. The van der Waals surface area contributed by atoms with Gasteiger partial charge in [0.1, 0.15) is 5.82 Å². The second-order valence-corrected chi connectivity index (χ2v) is 6.31. The van der Waals surface area contributed by atoms with Crippen LogP contribution < -0.4 is 20.1 Å². The van der Waals surface area contributed by atoms with Crippen LogP contribution in [0, 0.1) is 0 Å². The van der Waals surface area contributed by atoms with Crippen molar-refractivity contribution in [3.05, 3.63) is 76.9 Å². The van der Waals surface area contributed by atoms with Crippen molar-refractivity contribution in [2.45, 2.75) is 6.54 Å². The molecule has 1 aliphatic heterocycles. The number of amides is 1. The van der Waals surface area contributed by atoms with E-state index in [1.807, 2.05) is 36.4 Å². The molecular weight excluding hydrogens is 366 g/mol. The summed E-state index contributed by atoms with van der Waals surface area (Å²) in [5, 5.41) is 6.59. The highest BCUT2D eigenvalue weighted by atomic mass is 35.5. The molecule has 136 valence electrons. The van der Waals surface area contributed by atoms with Gasteiger partial charge in [-0.3, -0.25) is 4.79 Å². The van der Waals surface area contributed by atoms with Gasteiger partial charge in [0.15, 0.2) is 11.5 Å². The zero-order chi connectivity index (χ0) is 18.6. The van der Waals surface area contributed by atoms with Crippen LogP contribution in [0.5, 0.6) is 11.5 Å². The highest BCUT2D eigenvalue weighted by Crippen LogP contribution is 2.32. The molecule has 2 aromatic carbocycles. The lowest BCUT2D eigenvalue weighted by molar-refractivity contribution is 0.0950. The van der Waals surface area contributed by atoms with Gasteiger partial charge in [-0.1, -0.05) is 29.8 Å². The van der Waals surface area contributed by atoms with E-state index in [1.165, 1.54) is 0 Å². The van der Waals surface area contributed by atoms with Gasteiger partial charge in [-0.25, -0.2) is 4.98 Å². The Hall–Kier alpha value is -3.25. The lowest BCUT2D eigenvalue weighted by atomic mass is 10.2. The first-order valence-electron chi connectivity index (χ1n) is 8.33. The molecule has 1 amide bonds. The third-order valence-corrected chi connectivity index (χ3v) is 4.38. The Balaban J connectivity index is 1.42. The third kappa shape index (κ3) is 3.96. The molecular formula is C20H16ClN3O3. The predicted molar refractivity (Wildman–Crippen MR) is 103 cm³/mol. The molecule has 3 aromatic rings. The second-order valence-electron chi connectivity index (χ2n) is 5.90. The molecule has 0 aliphatic carbocycles. The summed E-state index contributed by atoms with van der Waals surface area (Å²) in [5.74, 6) is 1.75. The third-order valence-electron chi connectivity index (χ3n) is 4.05. The standard InChI is InChI=1S/C20H16ClN3O3/c21-15-3-1-2-4-16(15)24-19-10-14(7-8-22-19)20(25)23-11-13-5-6-17-18(9-13)27-12-26-17/h1-10H,11-12H2,(H,22,24)(H,23,25). The van der Waals surface area contributed by atoms with Gasteiger partial charge in [0.25, 0.3) is 5.91 Å². The fourth-order valence-electron chi connectivity index (χ4n) is 2.68. The molecule has 1 aliphatic rings. The van der Waals surface area contributed by atoms with Crippen molar-refractivity contribution in [3.63, 3.8) is 0 Å². The molecule has 27 heavy (non-hydrogen) atoms. The molecule has 2 N–H and O–H groups in total. The van der Waals surface area contributed by atoms with Gasteiger partial charge in [-0.05, 0) is 42.0 Å². The van der Waals surface area contributed by atoms with E-state index in [1.54, 1.807) is 24.4 Å². The first kappa shape index (κ1) is 17.2. The summed E-state index contributed by atoms with van der Waals surface area (Å²) < 4.78 is 10.6. The van der Waals surface area contributed by atoms with Crippen LogP contribution in [0.15, 0.2) is 60.8 Å². The van der Waals surface area contributed by atoms with Crippen molar-refractivity contribution in [1.82, 2.24) is 10.3 Å². The zero-order valence-electron chi connectivity index (χ0n) is 14.2. The van der Waals surface area contributed by atoms with E-state index in [0.717, 1.165) is 17.0 Å². The van der Waals surface area contributed by atoms with Crippen molar-refractivity contribution in [2.75, 3.05) is 12.1 Å². The Labute approximate surface area is 161 Å². The summed E-state index contributed by atoms with van der Waals surface area (Å²) in [6, 6.07) is 16.3. The predicted octanol–water partition coefficient (Wildman–Crippen LogP) is 4.14. The Morgan fingerprint density at radius 2 is 1.93 bits per heavy atom. The summed E-state index contributed by atoms with van der Waals surface area (Å²) in [7, 11) is 0. The van der Waals surface area contributed by atoms with Crippen LogP contribution in [0.4, 0.5) is 11.5 Å². The lowest BCUT2D eigenvalue weighted by Gasteiger charge is -2.10. The average molecular weight is 382 g/mol. The molecule has 0 unspecified atom stereocenters. The van der Waals surface area contributed by atoms with Crippen molar-refractivity contribution in [3.8, 4) is 11.5 Å². The molecule has 0 fully saturated rings. The summed E-state index contributed by atoms with van der Waals surface area (Å²) in [6.45, 7) is 0.606. The first-order valence-corrected chi connectivity index (χ1v) is 8.71. The SMILES string of the molecule is O=C(NCc1ccc2c(c1)OCO2)c1ccnc(Nc2ccccc2Cl)c1. The minimum atomic E-state index is -0.197. The number of rotatable bonds is 5. The number of hydrogen-bond acceptors (Lipinski definition) is 5. The number of ether oxygens (including phenoxy) is 2. The molecule has 0 saturated carbocycles. The van der Waals surface area contributed by atoms with Gasteiger partial charge in [0, 0.05) is 18.3 Å². The van der Waals surface area contributed by atoms with Gasteiger partial charge in [0.05, 0.1) is 10.7 Å². The summed E-state index contributed by atoms with van der Waals surface area (Å²) in [4.78, 5) is 16.7.